The molecular formula is C56H39N. The van der Waals surface area contributed by atoms with Crippen molar-refractivity contribution in [1.82, 2.24) is 0 Å². The molecule has 0 aliphatic carbocycles. The lowest BCUT2D eigenvalue weighted by molar-refractivity contribution is 1.28. The van der Waals surface area contributed by atoms with Gasteiger partial charge in [-0.3, -0.25) is 0 Å². The Morgan fingerprint density at radius 1 is 0.263 bits per heavy atom. The summed E-state index contributed by atoms with van der Waals surface area (Å²) in [4.78, 5) is 2.31. The molecule has 0 unspecified atom stereocenters. The predicted molar refractivity (Wildman–Crippen MR) is 245 cm³/mol. The van der Waals surface area contributed by atoms with Gasteiger partial charge in [-0.15, -0.1) is 0 Å². The molecule has 268 valence electrons. The second-order valence-electron chi connectivity index (χ2n) is 14.5. The number of fused-ring (bicyclic) bond motifs is 3. The molecule has 10 aromatic rings. The molecule has 0 amide bonds. The number of hydrogen-bond acceptors (Lipinski definition) is 1. The molecule has 0 atom stereocenters. The normalized spacial score (nSPS) is 11.4. The number of anilines is 3. The van der Waals surface area contributed by atoms with E-state index < -0.39 is 0 Å². The van der Waals surface area contributed by atoms with E-state index in [1.807, 2.05) is 0 Å². The van der Waals surface area contributed by atoms with Crippen LogP contribution in [0.15, 0.2) is 224 Å². The van der Waals surface area contributed by atoms with Gasteiger partial charge >= 0.3 is 0 Å². The van der Waals surface area contributed by atoms with Crippen molar-refractivity contribution < 1.29 is 0 Å². The monoisotopic (exact) mass is 725 g/mol. The molecule has 0 saturated carbocycles. The first-order valence-electron chi connectivity index (χ1n) is 19.6. The van der Waals surface area contributed by atoms with Crippen LogP contribution in [0.4, 0.5) is 17.1 Å². The lowest BCUT2D eigenvalue weighted by Crippen LogP contribution is -2.09. The molecule has 0 heterocycles. The van der Waals surface area contributed by atoms with E-state index in [4.69, 9.17) is 0 Å². The van der Waals surface area contributed by atoms with Crippen LogP contribution in [0.3, 0.4) is 0 Å². The van der Waals surface area contributed by atoms with Gasteiger partial charge in [-0.05, 0) is 113 Å². The zero-order valence-electron chi connectivity index (χ0n) is 31.5. The average molecular weight is 726 g/mol. The molecule has 57 heavy (non-hydrogen) atoms. The SMILES string of the molecule is C(=Cc1ccc(-c2c3ccccc3c(-c3ccc(N(c4ccccc4)c4ccccc4)cc3)c3ccccc23)c2ccccc12)c1ccc(-c2ccccc2)cc1. The molecule has 0 N–H and O–H groups in total. The number of nitrogens with zero attached hydrogens (tertiary/aromatic N) is 1. The minimum Gasteiger partial charge on any atom is -0.311 e. The van der Waals surface area contributed by atoms with Crippen molar-refractivity contribution in [3.8, 4) is 33.4 Å². The molecule has 0 saturated heterocycles. The molecule has 10 rings (SSSR count). The Labute approximate surface area is 334 Å². The van der Waals surface area contributed by atoms with Crippen LogP contribution >= 0.6 is 0 Å². The minimum absolute atomic E-state index is 1.12. The van der Waals surface area contributed by atoms with Gasteiger partial charge in [0.25, 0.3) is 0 Å². The topological polar surface area (TPSA) is 3.24 Å². The van der Waals surface area contributed by atoms with Crippen LogP contribution < -0.4 is 4.90 Å². The highest BCUT2D eigenvalue weighted by Crippen LogP contribution is 2.46. The standard InChI is InChI=1S/C56H39N/c1-4-16-41(17-5-1)42-31-28-40(29-32-42)30-33-43-36-39-54(49-23-11-10-22-48(43)49)56-52-26-14-12-24-50(52)55(51-25-13-15-27-53(51)56)44-34-37-47(38-35-44)57(45-18-6-2-7-19-45)46-20-8-3-9-21-46/h1-39H. The average Bonchev–Trinajstić information content (AvgIpc) is 3.29. The summed E-state index contributed by atoms with van der Waals surface area (Å²) < 4.78 is 0. The Balaban J connectivity index is 1.07. The number of benzene rings is 10. The Morgan fingerprint density at radius 2 is 0.684 bits per heavy atom. The molecule has 1 heteroatoms. The van der Waals surface area contributed by atoms with Crippen molar-refractivity contribution in [3.05, 3.63) is 236 Å². The third kappa shape index (κ3) is 6.46. The predicted octanol–water partition coefficient (Wildman–Crippen LogP) is 15.8. The third-order valence-corrected chi connectivity index (χ3v) is 11.1. The maximum atomic E-state index is 2.32. The molecule has 0 bridgehead atoms. The summed E-state index contributed by atoms with van der Waals surface area (Å²) in [5, 5.41) is 7.47. The van der Waals surface area contributed by atoms with Crippen LogP contribution in [-0.4, -0.2) is 0 Å². The zero-order valence-corrected chi connectivity index (χ0v) is 31.5. The molecule has 0 aromatic heterocycles. The fourth-order valence-corrected chi connectivity index (χ4v) is 8.40. The van der Waals surface area contributed by atoms with Crippen LogP contribution in [0, 0.1) is 0 Å². The van der Waals surface area contributed by atoms with E-state index in [1.54, 1.807) is 0 Å². The first-order chi connectivity index (χ1) is 28.3. The van der Waals surface area contributed by atoms with Crippen molar-refractivity contribution >= 4 is 61.5 Å². The van der Waals surface area contributed by atoms with E-state index in [-0.39, 0.29) is 0 Å². The summed E-state index contributed by atoms with van der Waals surface area (Å²) in [7, 11) is 0. The highest BCUT2D eigenvalue weighted by Gasteiger charge is 2.19. The number of hydrogen-bond donors (Lipinski definition) is 0. The summed E-state index contributed by atoms with van der Waals surface area (Å²) >= 11 is 0. The quantitative estimate of drug-likeness (QED) is 0.111. The summed E-state index contributed by atoms with van der Waals surface area (Å²) in [6, 6.07) is 80.9. The van der Waals surface area contributed by atoms with Gasteiger partial charge in [-0.2, -0.15) is 0 Å². The minimum atomic E-state index is 1.12. The van der Waals surface area contributed by atoms with Gasteiger partial charge in [-0.25, -0.2) is 0 Å². The van der Waals surface area contributed by atoms with Crippen LogP contribution in [0.25, 0.3) is 77.9 Å². The first kappa shape index (κ1) is 34.0. The molecule has 0 aliphatic rings. The molecule has 10 aromatic carbocycles. The lowest BCUT2D eigenvalue weighted by Gasteiger charge is -2.26. The first-order valence-corrected chi connectivity index (χ1v) is 19.6. The smallest absolute Gasteiger partial charge is 0.0462 e. The third-order valence-electron chi connectivity index (χ3n) is 11.1. The van der Waals surface area contributed by atoms with E-state index in [0.29, 0.717) is 0 Å². The van der Waals surface area contributed by atoms with E-state index in [1.165, 1.54) is 76.8 Å². The van der Waals surface area contributed by atoms with Crippen molar-refractivity contribution in [2.75, 3.05) is 4.90 Å². The Bertz CT molecular complexity index is 2920. The van der Waals surface area contributed by atoms with Crippen molar-refractivity contribution in [1.29, 1.82) is 0 Å². The van der Waals surface area contributed by atoms with Crippen LogP contribution in [-0.2, 0) is 0 Å². The fourth-order valence-electron chi connectivity index (χ4n) is 8.40. The Morgan fingerprint density at radius 3 is 1.25 bits per heavy atom. The van der Waals surface area contributed by atoms with E-state index >= 15 is 0 Å². The van der Waals surface area contributed by atoms with Gasteiger partial charge in [0.1, 0.15) is 0 Å². The van der Waals surface area contributed by atoms with Crippen LogP contribution in [0.5, 0.6) is 0 Å². The van der Waals surface area contributed by atoms with Gasteiger partial charge in [-0.1, -0.05) is 200 Å². The molecular weight excluding hydrogens is 687 g/mol. The van der Waals surface area contributed by atoms with E-state index in [9.17, 15) is 0 Å². The van der Waals surface area contributed by atoms with Gasteiger partial charge in [0.05, 0.1) is 0 Å². The molecule has 0 spiro atoms. The largest absolute Gasteiger partial charge is 0.311 e. The van der Waals surface area contributed by atoms with E-state index in [2.05, 4.69) is 242 Å². The highest BCUT2D eigenvalue weighted by molar-refractivity contribution is 6.23. The Kier molecular flexibility index (Phi) is 8.95. The van der Waals surface area contributed by atoms with Gasteiger partial charge in [0.15, 0.2) is 0 Å². The molecule has 1 nitrogen and oxygen atoms in total. The molecule has 0 fully saturated rings. The maximum Gasteiger partial charge on any atom is 0.0462 e. The van der Waals surface area contributed by atoms with Gasteiger partial charge in [0, 0.05) is 17.1 Å². The second-order valence-corrected chi connectivity index (χ2v) is 14.5. The number of rotatable bonds is 8. The summed E-state index contributed by atoms with van der Waals surface area (Å²) in [5.74, 6) is 0. The van der Waals surface area contributed by atoms with Crippen molar-refractivity contribution in [2.45, 2.75) is 0 Å². The van der Waals surface area contributed by atoms with Crippen LogP contribution in [0.2, 0.25) is 0 Å². The Hall–Kier alpha value is -7.48. The lowest BCUT2D eigenvalue weighted by atomic mass is 9.84. The van der Waals surface area contributed by atoms with Crippen molar-refractivity contribution in [3.63, 3.8) is 0 Å². The van der Waals surface area contributed by atoms with Gasteiger partial charge < -0.3 is 4.90 Å². The highest BCUT2D eigenvalue weighted by atomic mass is 15.1. The summed E-state index contributed by atoms with van der Waals surface area (Å²) in [6.45, 7) is 0. The fraction of sp³-hybridized carbons (Fsp3) is 0. The van der Waals surface area contributed by atoms with E-state index in [0.717, 1.165) is 17.1 Å². The summed E-state index contributed by atoms with van der Waals surface area (Å²) in [5.41, 5.74) is 13.2. The number of para-hydroxylation sites is 2. The second kappa shape index (κ2) is 15.0. The summed E-state index contributed by atoms with van der Waals surface area (Å²) in [6.07, 6.45) is 4.48. The van der Waals surface area contributed by atoms with Crippen LogP contribution in [0.1, 0.15) is 11.1 Å². The molecule has 0 radical (unpaired) electrons. The molecule has 0 aliphatic heterocycles. The van der Waals surface area contributed by atoms with Gasteiger partial charge in [0.2, 0.25) is 0 Å². The van der Waals surface area contributed by atoms with Crippen molar-refractivity contribution in [2.24, 2.45) is 0 Å². The zero-order chi connectivity index (χ0) is 38.0. The maximum absolute atomic E-state index is 2.32.